The second-order valence-corrected chi connectivity index (χ2v) is 7.17. The van der Waals surface area contributed by atoms with E-state index in [0.29, 0.717) is 31.5 Å². The van der Waals surface area contributed by atoms with Crippen molar-refractivity contribution in [3.63, 3.8) is 0 Å². The molecule has 2 saturated carbocycles. The molecule has 1 saturated heterocycles. The summed E-state index contributed by atoms with van der Waals surface area (Å²) in [4.78, 5) is 0. The van der Waals surface area contributed by atoms with Gasteiger partial charge in [0.05, 0.1) is 18.3 Å². The highest BCUT2D eigenvalue weighted by Gasteiger charge is 2.59. The normalized spacial score (nSPS) is 43.3. The van der Waals surface area contributed by atoms with E-state index in [1.54, 1.807) is 0 Å². The van der Waals surface area contributed by atoms with E-state index in [0.717, 1.165) is 19.3 Å². The summed E-state index contributed by atoms with van der Waals surface area (Å²) >= 11 is 0. The summed E-state index contributed by atoms with van der Waals surface area (Å²) in [5.74, 6) is 0.942. The highest BCUT2D eigenvalue weighted by Crippen LogP contribution is 2.54. The molecule has 0 radical (unpaired) electrons. The smallest absolute Gasteiger partial charge is 0.112 e. The van der Waals surface area contributed by atoms with Gasteiger partial charge >= 0.3 is 0 Å². The van der Waals surface area contributed by atoms with Crippen LogP contribution in [0.1, 0.15) is 64.2 Å². The van der Waals surface area contributed by atoms with Gasteiger partial charge in [-0.3, -0.25) is 0 Å². The van der Waals surface area contributed by atoms with Crippen LogP contribution in [0, 0.1) is 28.6 Å². The fourth-order valence-corrected chi connectivity index (χ4v) is 5.03. The third-order valence-electron chi connectivity index (χ3n) is 6.22. The van der Waals surface area contributed by atoms with Crippen molar-refractivity contribution >= 4 is 0 Å². The first-order valence-electron chi connectivity index (χ1n) is 8.43. The summed E-state index contributed by atoms with van der Waals surface area (Å²) < 4.78 is 5.52. The number of aliphatic hydroxyl groups is 1. The molecular weight excluding hydrogens is 250 g/mol. The van der Waals surface area contributed by atoms with E-state index in [1.165, 1.54) is 38.5 Å². The number of hydrogen-bond acceptors (Lipinski definition) is 3. The van der Waals surface area contributed by atoms with Gasteiger partial charge in [0.1, 0.15) is 5.41 Å². The zero-order valence-corrected chi connectivity index (χ0v) is 12.4. The van der Waals surface area contributed by atoms with E-state index in [2.05, 4.69) is 6.07 Å². The number of ether oxygens (including phenoxy) is 1. The van der Waals surface area contributed by atoms with Gasteiger partial charge in [0.25, 0.3) is 0 Å². The van der Waals surface area contributed by atoms with Crippen LogP contribution in [0.4, 0.5) is 0 Å². The number of nitrogens with zero attached hydrogens (tertiary/aromatic N) is 1. The first kappa shape index (κ1) is 14.4. The third kappa shape index (κ3) is 2.18. The topological polar surface area (TPSA) is 53.2 Å². The molecule has 1 heterocycles. The maximum Gasteiger partial charge on any atom is 0.112 e. The molecule has 3 unspecified atom stereocenters. The lowest BCUT2D eigenvalue weighted by atomic mass is 9.56. The van der Waals surface area contributed by atoms with Crippen molar-refractivity contribution in [3.05, 3.63) is 0 Å². The van der Waals surface area contributed by atoms with Crippen molar-refractivity contribution < 1.29 is 9.84 Å². The van der Waals surface area contributed by atoms with Crippen LogP contribution in [-0.4, -0.2) is 23.9 Å². The predicted octanol–water partition coefficient (Wildman–Crippen LogP) is 3.42. The lowest BCUT2D eigenvalue weighted by Gasteiger charge is -2.51. The Morgan fingerprint density at radius 3 is 2.40 bits per heavy atom. The molecule has 3 fully saturated rings. The molecule has 0 aromatic heterocycles. The first-order chi connectivity index (χ1) is 9.72. The molecule has 20 heavy (non-hydrogen) atoms. The largest absolute Gasteiger partial charge is 0.388 e. The van der Waals surface area contributed by atoms with Gasteiger partial charge in [-0.25, -0.2) is 0 Å². The summed E-state index contributed by atoms with van der Waals surface area (Å²) in [6.07, 6.45) is 11.3. The van der Waals surface area contributed by atoms with Gasteiger partial charge in [0.15, 0.2) is 0 Å². The van der Waals surface area contributed by atoms with Crippen LogP contribution in [0.15, 0.2) is 0 Å². The highest BCUT2D eigenvalue weighted by atomic mass is 16.5. The molecule has 0 aromatic carbocycles. The van der Waals surface area contributed by atoms with E-state index in [9.17, 15) is 10.4 Å². The van der Waals surface area contributed by atoms with Crippen molar-refractivity contribution in [1.29, 1.82) is 5.26 Å². The molecular formula is C17H27NO2. The van der Waals surface area contributed by atoms with Crippen molar-refractivity contribution in [2.45, 2.75) is 69.8 Å². The monoisotopic (exact) mass is 277 g/mol. The number of hydrogen-bond donors (Lipinski definition) is 1. The van der Waals surface area contributed by atoms with Crippen molar-refractivity contribution in [2.75, 3.05) is 13.2 Å². The van der Waals surface area contributed by atoms with Crippen molar-refractivity contribution in [3.8, 4) is 6.07 Å². The second-order valence-electron chi connectivity index (χ2n) is 7.17. The maximum atomic E-state index is 11.5. The minimum Gasteiger partial charge on any atom is -0.388 e. The Hall–Kier alpha value is -0.590. The fourth-order valence-electron chi connectivity index (χ4n) is 5.03. The standard InChI is InChI=1S/C17H27NO2/c18-12-16(10-11-20-13-16)17(19)9-5-4-8-15(17)14-6-2-1-3-7-14/h14-15,19H,1-11,13H2. The van der Waals surface area contributed by atoms with Crippen LogP contribution < -0.4 is 0 Å². The zero-order valence-electron chi connectivity index (χ0n) is 12.4. The van der Waals surface area contributed by atoms with Gasteiger partial charge in [-0.1, -0.05) is 44.9 Å². The maximum absolute atomic E-state index is 11.5. The van der Waals surface area contributed by atoms with Crippen LogP contribution in [0.5, 0.6) is 0 Å². The lowest BCUT2D eigenvalue weighted by molar-refractivity contribution is -0.145. The van der Waals surface area contributed by atoms with E-state index in [-0.39, 0.29) is 0 Å². The Balaban J connectivity index is 1.88. The average molecular weight is 277 g/mol. The van der Waals surface area contributed by atoms with E-state index < -0.39 is 11.0 Å². The lowest BCUT2D eigenvalue weighted by Crippen LogP contribution is -2.57. The van der Waals surface area contributed by atoms with Gasteiger partial charge in [-0.2, -0.15) is 5.26 Å². The Kier molecular flexibility index (Phi) is 4.06. The molecule has 3 nitrogen and oxygen atoms in total. The van der Waals surface area contributed by atoms with Crippen LogP contribution in [-0.2, 0) is 4.74 Å². The molecule has 3 rings (SSSR count). The first-order valence-corrected chi connectivity index (χ1v) is 8.43. The van der Waals surface area contributed by atoms with Crippen LogP contribution >= 0.6 is 0 Å². The predicted molar refractivity (Wildman–Crippen MR) is 77.0 cm³/mol. The third-order valence-corrected chi connectivity index (χ3v) is 6.22. The number of rotatable bonds is 2. The van der Waals surface area contributed by atoms with Crippen molar-refractivity contribution in [2.24, 2.45) is 17.3 Å². The SMILES string of the molecule is N#CC1(C2(O)CCCCC2C2CCCCC2)CCOC1. The molecule has 3 atom stereocenters. The minimum absolute atomic E-state index is 0.317. The van der Waals surface area contributed by atoms with E-state index in [1.807, 2.05) is 0 Å². The van der Waals surface area contributed by atoms with Crippen LogP contribution in [0.3, 0.4) is 0 Å². The second kappa shape index (κ2) is 5.66. The molecule has 1 N–H and O–H groups in total. The Morgan fingerprint density at radius 1 is 1.00 bits per heavy atom. The molecule has 0 amide bonds. The Labute approximate surface area is 122 Å². The number of nitriles is 1. The summed E-state index contributed by atoms with van der Waals surface area (Å²) in [6.45, 7) is 1.07. The van der Waals surface area contributed by atoms with Crippen LogP contribution in [0.2, 0.25) is 0 Å². The summed E-state index contributed by atoms with van der Waals surface area (Å²) in [6, 6.07) is 2.48. The summed E-state index contributed by atoms with van der Waals surface area (Å²) in [7, 11) is 0. The van der Waals surface area contributed by atoms with Gasteiger partial charge < -0.3 is 9.84 Å². The quantitative estimate of drug-likeness (QED) is 0.841. The average Bonchev–Trinajstić information content (AvgIpc) is 2.99. The molecule has 0 spiro atoms. The zero-order chi connectivity index (χ0) is 14.1. The minimum atomic E-state index is -0.807. The van der Waals surface area contributed by atoms with E-state index >= 15 is 0 Å². The molecule has 2 aliphatic carbocycles. The molecule has 3 heteroatoms. The molecule has 0 aromatic rings. The summed E-state index contributed by atoms with van der Waals surface area (Å²) in [5, 5.41) is 21.3. The Morgan fingerprint density at radius 2 is 1.75 bits per heavy atom. The van der Waals surface area contributed by atoms with Crippen LogP contribution in [0.25, 0.3) is 0 Å². The Bertz CT molecular complexity index is 377. The van der Waals surface area contributed by atoms with Gasteiger partial charge in [0.2, 0.25) is 0 Å². The van der Waals surface area contributed by atoms with Crippen molar-refractivity contribution in [1.82, 2.24) is 0 Å². The molecule has 0 bridgehead atoms. The molecule has 3 aliphatic rings. The van der Waals surface area contributed by atoms with Gasteiger partial charge in [0, 0.05) is 6.61 Å². The molecule has 112 valence electrons. The van der Waals surface area contributed by atoms with E-state index in [4.69, 9.17) is 4.74 Å². The highest BCUT2D eigenvalue weighted by molar-refractivity contribution is 5.17. The summed E-state index contributed by atoms with van der Waals surface area (Å²) in [5.41, 5.74) is -1.45. The van der Waals surface area contributed by atoms with Gasteiger partial charge in [-0.15, -0.1) is 0 Å². The molecule has 1 aliphatic heterocycles. The van der Waals surface area contributed by atoms with Gasteiger partial charge in [-0.05, 0) is 31.1 Å². The fraction of sp³-hybridized carbons (Fsp3) is 0.941.